The minimum atomic E-state index is -0.668. The number of carbonyl (C=O) groups is 2. The summed E-state index contributed by atoms with van der Waals surface area (Å²) in [6.45, 7) is -0.0367. The van der Waals surface area contributed by atoms with Crippen LogP contribution in [0.25, 0.3) is 6.08 Å². The summed E-state index contributed by atoms with van der Waals surface area (Å²) in [6, 6.07) is 16.5. The van der Waals surface area contributed by atoms with E-state index < -0.39 is 11.9 Å². The third kappa shape index (κ3) is 6.93. The van der Waals surface area contributed by atoms with Crippen LogP contribution in [0.2, 0.25) is 0 Å². The third-order valence-corrected chi connectivity index (χ3v) is 3.22. The van der Waals surface area contributed by atoms with E-state index in [1.165, 1.54) is 6.08 Å². The second kappa shape index (κ2) is 10.4. The average molecular weight is 350 g/mol. The Morgan fingerprint density at radius 1 is 1.00 bits per heavy atom. The maximum Gasteiger partial charge on any atom is 0.384 e. The van der Waals surface area contributed by atoms with Gasteiger partial charge in [0.15, 0.2) is 6.61 Å². The van der Waals surface area contributed by atoms with Crippen molar-refractivity contribution in [1.82, 2.24) is 0 Å². The fourth-order valence-corrected chi connectivity index (χ4v) is 1.90. The van der Waals surface area contributed by atoms with E-state index in [4.69, 9.17) is 14.2 Å². The highest BCUT2D eigenvalue weighted by atomic mass is 16.5. The summed E-state index contributed by atoms with van der Waals surface area (Å²) in [5.74, 6) is 4.24. The molecule has 0 aliphatic rings. The Morgan fingerprint density at radius 3 is 2.42 bits per heavy atom. The molecule has 0 saturated heterocycles. The number of rotatable bonds is 6. The fraction of sp³-hybridized carbons (Fsp3) is 0.143. The molecule has 5 heteroatoms. The summed E-state index contributed by atoms with van der Waals surface area (Å²) in [7, 11) is 1.58. The molecule has 0 aliphatic heterocycles. The van der Waals surface area contributed by atoms with Crippen molar-refractivity contribution >= 4 is 18.0 Å². The summed E-state index contributed by atoms with van der Waals surface area (Å²) in [4.78, 5) is 23.0. The highest BCUT2D eigenvalue weighted by Crippen LogP contribution is 2.12. The Kier molecular flexibility index (Phi) is 7.50. The Hall–Kier alpha value is -3.52. The SMILES string of the molecule is COc1ccc(/C=C/C(=O)OCC#CC(=O)OCc2ccccc2)cc1. The summed E-state index contributed by atoms with van der Waals surface area (Å²) in [5.41, 5.74) is 1.70. The quantitative estimate of drug-likeness (QED) is 0.347. The standard InChI is InChI=1S/C21H18O5/c1-24-19-12-9-17(10-13-19)11-14-21(23)25-15-5-8-20(22)26-16-18-6-3-2-4-7-18/h2-4,6-7,9-14H,15-16H2,1H3/b14-11+. The number of esters is 2. The second-order valence-corrected chi connectivity index (χ2v) is 5.08. The highest BCUT2D eigenvalue weighted by Gasteiger charge is 1.99. The zero-order valence-corrected chi connectivity index (χ0v) is 14.3. The minimum Gasteiger partial charge on any atom is -0.497 e. The van der Waals surface area contributed by atoms with Gasteiger partial charge in [-0.15, -0.1) is 0 Å². The van der Waals surface area contributed by atoms with E-state index in [-0.39, 0.29) is 13.2 Å². The van der Waals surface area contributed by atoms with Gasteiger partial charge < -0.3 is 14.2 Å². The van der Waals surface area contributed by atoms with E-state index in [2.05, 4.69) is 11.8 Å². The number of methoxy groups -OCH3 is 1. The first-order valence-electron chi connectivity index (χ1n) is 7.86. The molecule has 26 heavy (non-hydrogen) atoms. The molecule has 0 atom stereocenters. The lowest BCUT2D eigenvalue weighted by molar-refractivity contribution is -0.138. The van der Waals surface area contributed by atoms with E-state index in [0.29, 0.717) is 0 Å². The summed E-state index contributed by atoms with van der Waals surface area (Å²) < 4.78 is 14.9. The van der Waals surface area contributed by atoms with Crippen LogP contribution in [0.1, 0.15) is 11.1 Å². The predicted octanol–water partition coefficient (Wildman–Crippen LogP) is 3.00. The maximum absolute atomic E-state index is 11.6. The molecule has 0 N–H and O–H groups in total. The summed E-state index contributed by atoms with van der Waals surface area (Å²) in [6.07, 6.45) is 2.90. The molecule has 0 spiro atoms. The smallest absolute Gasteiger partial charge is 0.384 e. The number of ether oxygens (including phenoxy) is 3. The monoisotopic (exact) mass is 350 g/mol. The fourth-order valence-electron chi connectivity index (χ4n) is 1.90. The van der Waals surface area contributed by atoms with Gasteiger partial charge in [0.25, 0.3) is 0 Å². The molecule has 2 aromatic carbocycles. The molecule has 2 rings (SSSR count). The molecule has 0 bridgehead atoms. The lowest BCUT2D eigenvalue weighted by Gasteiger charge is -2.00. The van der Waals surface area contributed by atoms with E-state index in [1.807, 2.05) is 42.5 Å². The first kappa shape index (κ1) is 18.8. The molecule has 0 fully saturated rings. The van der Waals surface area contributed by atoms with Gasteiger partial charge in [0.05, 0.1) is 7.11 Å². The number of hydrogen-bond acceptors (Lipinski definition) is 5. The Bertz CT molecular complexity index is 811. The molecule has 2 aromatic rings. The number of hydrogen-bond donors (Lipinski definition) is 0. The predicted molar refractivity (Wildman–Crippen MR) is 97.0 cm³/mol. The van der Waals surface area contributed by atoms with Crippen molar-refractivity contribution in [2.24, 2.45) is 0 Å². The van der Waals surface area contributed by atoms with Crippen LogP contribution in [0.15, 0.2) is 60.7 Å². The van der Waals surface area contributed by atoms with Crippen molar-refractivity contribution in [2.45, 2.75) is 6.61 Å². The average Bonchev–Trinajstić information content (AvgIpc) is 2.69. The topological polar surface area (TPSA) is 61.8 Å². The minimum absolute atomic E-state index is 0.152. The van der Waals surface area contributed by atoms with Crippen LogP contribution < -0.4 is 4.74 Å². The lowest BCUT2D eigenvalue weighted by atomic mass is 10.2. The van der Waals surface area contributed by atoms with Gasteiger partial charge in [-0.25, -0.2) is 9.59 Å². The van der Waals surface area contributed by atoms with Crippen molar-refractivity contribution < 1.29 is 23.8 Å². The van der Waals surface area contributed by atoms with Crippen LogP contribution in [-0.2, 0) is 25.7 Å². The van der Waals surface area contributed by atoms with E-state index >= 15 is 0 Å². The van der Waals surface area contributed by atoms with Crippen LogP contribution >= 0.6 is 0 Å². The van der Waals surface area contributed by atoms with Gasteiger partial charge in [-0.1, -0.05) is 42.5 Å². The molecule has 0 amide bonds. The van der Waals surface area contributed by atoms with E-state index in [9.17, 15) is 9.59 Å². The van der Waals surface area contributed by atoms with Gasteiger partial charge >= 0.3 is 11.9 Å². The molecule has 0 saturated carbocycles. The lowest BCUT2D eigenvalue weighted by Crippen LogP contribution is -2.03. The van der Waals surface area contributed by atoms with E-state index in [1.54, 1.807) is 25.3 Å². The van der Waals surface area contributed by atoms with Gasteiger partial charge in [0, 0.05) is 12.0 Å². The molecule has 5 nitrogen and oxygen atoms in total. The van der Waals surface area contributed by atoms with Crippen LogP contribution in [-0.4, -0.2) is 25.7 Å². The van der Waals surface area contributed by atoms with Crippen LogP contribution in [0.4, 0.5) is 0 Å². The molecule has 0 radical (unpaired) electrons. The summed E-state index contributed by atoms with van der Waals surface area (Å²) in [5, 5.41) is 0. The Balaban J connectivity index is 1.69. The normalized spacial score (nSPS) is 9.88. The molecular weight excluding hydrogens is 332 g/mol. The number of benzene rings is 2. The first-order valence-corrected chi connectivity index (χ1v) is 7.86. The zero-order chi connectivity index (χ0) is 18.6. The molecule has 132 valence electrons. The van der Waals surface area contributed by atoms with Crippen LogP contribution in [0, 0.1) is 11.8 Å². The third-order valence-electron chi connectivity index (χ3n) is 3.22. The van der Waals surface area contributed by atoms with Crippen LogP contribution in [0.3, 0.4) is 0 Å². The van der Waals surface area contributed by atoms with Gasteiger partial charge in [0.1, 0.15) is 12.4 Å². The summed E-state index contributed by atoms with van der Waals surface area (Å²) >= 11 is 0. The second-order valence-electron chi connectivity index (χ2n) is 5.08. The van der Waals surface area contributed by atoms with Crippen molar-refractivity contribution in [3.63, 3.8) is 0 Å². The van der Waals surface area contributed by atoms with Crippen molar-refractivity contribution in [2.75, 3.05) is 13.7 Å². The van der Waals surface area contributed by atoms with Gasteiger partial charge in [-0.3, -0.25) is 0 Å². The zero-order valence-electron chi connectivity index (χ0n) is 14.3. The van der Waals surface area contributed by atoms with Crippen LogP contribution in [0.5, 0.6) is 5.75 Å². The molecule has 0 unspecified atom stereocenters. The number of carbonyl (C=O) groups excluding carboxylic acids is 2. The van der Waals surface area contributed by atoms with Gasteiger partial charge in [-0.2, -0.15) is 0 Å². The van der Waals surface area contributed by atoms with Gasteiger partial charge in [0.2, 0.25) is 0 Å². The van der Waals surface area contributed by atoms with E-state index in [0.717, 1.165) is 16.9 Å². The largest absolute Gasteiger partial charge is 0.497 e. The first-order chi connectivity index (χ1) is 12.7. The van der Waals surface area contributed by atoms with Crippen molar-refractivity contribution in [3.8, 4) is 17.6 Å². The Morgan fingerprint density at radius 2 is 1.73 bits per heavy atom. The van der Waals surface area contributed by atoms with Crippen molar-refractivity contribution in [3.05, 3.63) is 71.8 Å². The molecule has 0 aromatic heterocycles. The maximum atomic E-state index is 11.6. The van der Waals surface area contributed by atoms with Crippen molar-refractivity contribution in [1.29, 1.82) is 0 Å². The Labute approximate surface area is 152 Å². The molecule has 0 aliphatic carbocycles. The highest BCUT2D eigenvalue weighted by molar-refractivity contribution is 5.89. The molecule has 0 heterocycles. The van der Waals surface area contributed by atoms with Gasteiger partial charge in [-0.05, 0) is 35.3 Å². The molecular formula is C21H18O5.